The number of nitrogens with zero attached hydrogens (tertiary/aromatic N) is 5. The van der Waals surface area contributed by atoms with E-state index in [9.17, 15) is 14.9 Å². The molecular formula is C26H22BrN5O4. The van der Waals surface area contributed by atoms with Crippen LogP contribution in [0.3, 0.4) is 0 Å². The Bertz CT molecular complexity index is 1510. The molecule has 1 fully saturated rings. The van der Waals surface area contributed by atoms with Crippen LogP contribution >= 0.6 is 15.9 Å². The van der Waals surface area contributed by atoms with E-state index < -0.39 is 4.92 Å². The van der Waals surface area contributed by atoms with Crippen LogP contribution in [-0.4, -0.2) is 25.8 Å². The summed E-state index contributed by atoms with van der Waals surface area (Å²) in [6.07, 6.45) is 8.03. The Morgan fingerprint density at radius 2 is 1.92 bits per heavy atom. The molecule has 1 saturated carbocycles. The van der Waals surface area contributed by atoms with Gasteiger partial charge < -0.3 is 4.74 Å². The molecule has 4 aromatic rings. The first kappa shape index (κ1) is 23.8. The monoisotopic (exact) mass is 547 g/mol. The van der Waals surface area contributed by atoms with Gasteiger partial charge in [0.2, 0.25) is 5.88 Å². The van der Waals surface area contributed by atoms with Crippen molar-refractivity contribution in [2.45, 2.75) is 38.0 Å². The first-order valence-corrected chi connectivity index (χ1v) is 12.4. The molecule has 2 heterocycles. The summed E-state index contributed by atoms with van der Waals surface area (Å²) in [6, 6.07) is 15.4. The minimum Gasteiger partial charge on any atom is -0.438 e. The second kappa shape index (κ2) is 10.4. The molecule has 0 spiro atoms. The minimum atomic E-state index is -0.520. The van der Waals surface area contributed by atoms with E-state index in [2.05, 4.69) is 26.0 Å². The van der Waals surface area contributed by atoms with Gasteiger partial charge in [0.05, 0.1) is 22.0 Å². The van der Waals surface area contributed by atoms with Gasteiger partial charge in [-0.15, -0.1) is 0 Å². The zero-order valence-electron chi connectivity index (χ0n) is 19.2. The molecule has 0 radical (unpaired) electrons. The highest BCUT2D eigenvalue weighted by atomic mass is 79.9. The van der Waals surface area contributed by atoms with Crippen LogP contribution < -0.4 is 10.3 Å². The maximum absolute atomic E-state index is 13.4. The average molecular weight is 548 g/mol. The zero-order chi connectivity index (χ0) is 25.1. The Kier molecular flexibility index (Phi) is 6.86. The highest BCUT2D eigenvalue weighted by Crippen LogP contribution is 2.32. The second-order valence-corrected chi connectivity index (χ2v) is 9.50. The molecule has 0 amide bonds. The van der Waals surface area contributed by atoms with Gasteiger partial charge in [0, 0.05) is 28.1 Å². The molecule has 0 aliphatic heterocycles. The lowest BCUT2D eigenvalue weighted by Gasteiger charge is -2.22. The van der Waals surface area contributed by atoms with E-state index in [1.54, 1.807) is 24.4 Å². The highest BCUT2D eigenvalue weighted by molar-refractivity contribution is 9.10. The van der Waals surface area contributed by atoms with Crippen molar-refractivity contribution in [1.29, 1.82) is 0 Å². The molecule has 36 heavy (non-hydrogen) atoms. The summed E-state index contributed by atoms with van der Waals surface area (Å²) in [5, 5.41) is 16.0. The van der Waals surface area contributed by atoms with Crippen molar-refractivity contribution in [3.8, 4) is 11.6 Å². The topological polar surface area (TPSA) is 113 Å². The fourth-order valence-electron chi connectivity index (χ4n) is 4.36. The van der Waals surface area contributed by atoms with Crippen molar-refractivity contribution in [3.05, 3.63) is 97.1 Å². The second-order valence-electron chi connectivity index (χ2n) is 8.58. The first-order chi connectivity index (χ1) is 17.5. The van der Waals surface area contributed by atoms with Gasteiger partial charge >= 0.3 is 0 Å². The maximum Gasteiger partial charge on any atom is 0.287 e. The third-order valence-corrected chi connectivity index (χ3v) is 6.67. The van der Waals surface area contributed by atoms with E-state index in [0.717, 1.165) is 36.4 Å². The Morgan fingerprint density at radius 3 is 2.67 bits per heavy atom. The van der Waals surface area contributed by atoms with Crippen molar-refractivity contribution < 1.29 is 9.66 Å². The summed E-state index contributed by atoms with van der Waals surface area (Å²) < 4.78 is 8.09. The number of pyridine rings is 1. The molecule has 10 heteroatoms. The van der Waals surface area contributed by atoms with Gasteiger partial charge in [-0.25, -0.2) is 9.97 Å². The van der Waals surface area contributed by atoms with Gasteiger partial charge in [0.1, 0.15) is 17.8 Å². The molecule has 0 unspecified atom stereocenters. The maximum atomic E-state index is 13.4. The SMILES string of the molecule is O=c1c2ccccc2nc(C2CCCCC2)n1N=Cc1cc(Br)ccc1Oc1ccc([N+](=O)[O-])cn1. The number of benzene rings is 2. The van der Waals surface area contributed by atoms with Gasteiger partial charge in [-0.1, -0.05) is 47.3 Å². The summed E-state index contributed by atoms with van der Waals surface area (Å²) in [5.41, 5.74) is 0.926. The standard InChI is InChI=1S/C26H22BrN5O4/c27-19-10-12-23(36-24-13-11-20(16-28-24)32(34)35)18(14-19)15-29-31-25(17-6-2-1-3-7-17)30-22-9-5-4-8-21(22)26(31)33/h4-5,8-17H,1-3,6-7H2. The number of halogens is 1. The summed E-state index contributed by atoms with van der Waals surface area (Å²) in [6.45, 7) is 0. The zero-order valence-corrected chi connectivity index (χ0v) is 20.8. The Labute approximate surface area is 214 Å². The van der Waals surface area contributed by atoms with Crippen LogP contribution in [0.15, 0.2) is 75.2 Å². The number of hydrogen-bond donors (Lipinski definition) is 0. The fraction of sp³-hybridized carbons (Fsp3) is 0.231. The van der Waals surface area contributed by atoms with Crippen molar-refractivity contribution in [1.82, 2.24) is 14.6 Å². The normalized spacial score (nSPS) is 14.4. The first-order valence-electron chi connectivity index (χ1n) is 11.6. The van der Waals surface area contributed by atoms with Gasteiger partial charge in [-0.2, -0.15) is 9.78 Å². The lowest BCUT2D eigenvalue weighted by molar-refractivity contribution is -0.385. The highest BCUT2D eigenvalue weighted by Gasteiger charge is 2.22. The Balaban J connectivity index is 1.54. The van der Waals surface area contributed by atoms with E-state index >= 15 is 0 Å². The summed E-state index contributed by atoms with van der Waals surface area (Å²) in [7, 11) is 0. The molecule has 0 bridgehead atoms. The minimum absolute atomic E-state index is 0.127. The third kappa shape index (κ3) is 5.03. The smallest absolute Gasteiger partial charge is 0.287 e. The summed E-state index contributed by atoms with van der Waals surface area (Å²) >= 11 is 3.47. The van der Waals surface area contributed by atoms with Crippen LogP contribution in [0.2, 0.25) is 0 Å². The molecule has 1 aliphatic rings. The van der Waals surface area contributed by atoms with E-state index in [0.29, 0.717) is 28.0 Å². The molecule has 5 rings (SSSR count). The predicted molar refractivity (Wildman–Crippen MR) is 140 cm³/mol. The molecule has 0 N–H and O–H groups in total. The molecule has 2 aromatic heterocycles. The lowest BCUT2D eigenvalue weighted by Crippen LogP contribution is -2.25. The van der Waals surface area contributed by atoms with Crippen LogP contribution in [0.25, 0.3) is 10.9 Å². The van der Waals surface area contributed by atoms with Crippen LogP contribution in [0.4, 0.5) is 5.69 Å². The van der Waals surface area contributed by atoms with Crippen LogP contribution in [0.1, 0.15) is 49.4 Å². The summed E-state index contributed by atoms with van der Waals surface area (Å²) in [5.74, 6) is 1.47. The van der Waals surface area contributed by atoms with Crippen molar-refractivity contribution in [3.63, 3.8) is 0 Å². The molecule has 2 aromatic carbocycles. The number of hydrogen-bond acceptors (Lipinski definition) is 7. The van der Waals surface area contributed by atoms with Crippen LogP contribution in [-0.2, 0) is 0 Å². The molecule has 1 aliphatic carbocycles. The van der Waals surface area contributed by atoms with Gasteiger partial charge in [0.15, 0.2) is 0 Å². The van der Waals surface area contributed by atoms with E-state index in [-0.39, 0.29) is 23.0 Å². The number of ether oxygens (including phenoxy) is 1. The van der Waals surface area contributed by atoms with Gasteiger partial charge in [-0.3, -0.25) is 14.9 Å². The molecule has 0 saturated heterocycles. The lowest BCUT2D eigenvalue weighted by atomic mass is 9.88. The van der Waals surface area contributed by atoms with E-state index in [1.807, 2.05) is 24.3 Å². The molecular weight excluding hydrogens is 526 g/mol. The van der Waals surface area contributed by atoms with E-state index in [1.165, 1.54) is 23.2 Å². The average Bonchev–Trinajstić information content (AvgIpc) is 2.90. The van der Waals surface area contributed by atoms with Gasteiger partial charge in [-0.05, 0) is 43.2 Å². The van der Waals surface area contributed by atoms with Crippen molar-refractivity contribution in [2.24, 2.45) is 5.10 Å². The number of rotatable bonds is 6. The van der Waals surface area contributed by atoms with E-state index in [4.69, 9.17) is 9.72 Å². The Hall–Kier alpha value is -3.92. The largest absolute Gasteiger partial charge is 0.438 e. The van der Waals surface area contributed by atoms with Crippen LogP contribution in [0.5, 0.6) is 11.6 Å². The third-order valence-electron chi connectivity index (χ3n) is 6.18. The number of nitro groups is 1. The van der Waals surface area contributed by atoms with Crippen molar-refractivity contribution >= 4 is 38.7 Å². The van der Waals surface area contributed by atoms with Gasteiger partial charge in [0.25, 0.3) is 11.2 Å². The summed E-state index contributed by atoms with van der Waals surface area (Å²) in [4.78, 5) is 32.7. The number of para-hydroxylation sites is 1. The molecule has 0 atom stereocenters. The molecule has 9 nitrogen and oxygen atoms in total. The Morgan fingerprint density at radius 1 is 1.11 bits per heavy atom. The van der Waals surface area contributed by atoms with Crippen molar-refractivity contribution in [2.75, 3.05) is 0 Å². The predicted octanol–water partition coefficient (Wildman–Crippen LogP) is 6.18. The number of fused-ring (bicyclic) bond motifs is 1. The molecule has 182 valence electrons. The van der Waals surface area contributed by atoms with Crippen LogP contribution in [0, 0.1) is 10.1 Å². The number of aromatic nitrogens is 3. The fourth-order valence-corrected chi connectivity index (χ4v) is 4.74. The quantitative estimate of drug-likeness (QED) is 0.162.